The normalized spacial score (nSPS) is 20.6. The van der Waals surface area contributed by atoms with Crippen molar-refractivity contribution in [1.82, 2.24) is 0 Å². The number of alkyl halides is 1. The molecule has 8 heavy (non-hydrogen) atoms. The van der Waals surface area contributed by atoms with Crippen molar-refractivity contribution in [3.8, 4) is 0 Å². The highest BCUT2D eigenvalue weighted by molar-refractivity contribution is 4.84. The van der Waals surface area contributed by atoms with Gasteiger partial charge < -0.3 is 0 Å². The minimum absolute atomic E-state index is 0.128. The Labute approximate surface area is 50.1 Å². The molecule has 0 aliphatic heterocycles. The van der Waals surface area contributed by atoms with Crippen LogP contribution in [0.25, 0.3) is 0 Å². The Morgan fingerprint density at radius 3 is 2.62 bits per heavy atom. The van der Waals surface area contributed by atoms with Gasteiger partial charge in [-0.1, -0.05) is 0 Å². The molecule has 1 fully saturated rings. The standard InChI is InChI=1S/C7H12F/c8-6-2-5-7-3-1-4-7/h1,7H,2-6H2. The van der Waals surface area contributed by atoms with Crippen molar-refractivity contribution in [2.45, 2.75) is 25.7 Å². The molecule has 0 amide bonds. The Bertz CT molecular complexity index is 57.4. The summed E-state index contributed by atoms with van der Waals surface area (Å²) < 4.78 is 11.5. The minimum atomic E-state index is -0.128. The maximum Gasteiger partial charge on any atom is 0.0894 e. The fraction of sp³-hybridized carbons (Fsp3) is 0.857. The van der Waals surface area contributed by atoms with Crippen molar-refractivity contribution in [3.05, 3.63) is 6.42 Å². The third-order valence-corrected chi connectivity index (χ3v) is 1.75. The van der Waals surface area contributed by atoms with Gasteiger partial charge >= 0.3 is 0 Å². The lowest BCUT2D eigenvalue weighted by Crippen LogP contribution is -2.11. The molecule has 0 heterocycles. The van der Waals surface area contributed by atoms with Crippen molar-refractivity contribution in [1.29, 1.82) is 0 Å². The lowest BCUT2D eigenvalue weighted by atomic mass is 9.82. The average Bonchev–Trinajstić information content (AvgIpc) is 1.63. The monoisotopic (exact) mass is 115 g/mol. The molecule has 0 saturated heterocycles. The molecule has 0 spiro atoms. The van der Waals surface area contributed by atoms with Crippen LogP contribution in [0, 0.1) is 12.3 Å². The number of rotatable bonds is 3. The zero-order valence-electron chi connectivity index (χ0n) is 5.07. The smallest absolute Gasteiger partial charge is 0.0894 e. The fourth-order valence-corrected chi connectivity index (χ4v) is 1.00. The Balaban J connectivity index is 1.86. The van der Waals surface area contributed by atoms with Gasteiger partial charge in [-0.15, -0.1) is 0 Å². The first-order valence-corrected chi connectivity index (χ1v) is 3.31. The third kappa shape index (κ3) is 1.46. The molecule has 1 aliphatic rings. The lowest BCUT2D eigenvalue weighted by Gasteiger charge is -2.23. The Morgan fingerprint density at radius 2 is 2.25 bits per heavy atom. The van der Waals surface area contributed by atoms with Gasteiger partial charge in [-0.3, -0.25) is 4.39 Å². The first-order valence-electron chi connectivity index (χ1n) is 3.31. The van der Waals surface area contributed by atoms with E-state index in [2.05, 4.69) is 6.42 Å². The van der Waals surface area contributed by atoms with E-state index in [4.69, 9.17) is 0 Å². The van der Waals surface area contributed by atoms with Crippen LogP contribution in [0.5, 0.6) is 0 Å². The predicted octanol–water partition coefficient (Wildman–Crippen LogP) is 2.35. The van der Waals surface area contributed by atoms with Gasteiger partial charge in [0.15, 0.2) is 0 Å². The second-order valence-electron chi connectivity index (χ2n) is 2.46. The SMILES string of the molecule is FCCCC1C[CH]C1. The number of hydrogen-bond acceptors (Lipinski definition) is 0. The molecule has 1 aliphatic carbocycles. The van der Waals surface area contributed by atoms with Crippen LogP contribution in [0.3, 0.4) is 0 Å². The summed E-state index contributed by atoms with van der Waals surface area (Å²) in [5.74, 6) is 0.839. The van der Waals surface area contributed by atoms with Crippen molar-refractivity contribution in [2.24, 2.45) is 5.92 Å². The maximum atomic E-state index is 11.5. The zero-order valence-corrected chi connectivity index (χ0v) is 5.07. The number of hydrogen-bond donors (Lipinski definition) is 0. The summed E-state index contributed by atoms with van der Waals surface area (Å²) in [7, 11) is 0. The molecule has 47 valence electrons. The van der Waals surface area contributed by atoms with Crippen molar-refractivity contribution < 1.29 is 4.39 Å². The van der Waals surface area contributed by atoms with Gasteiger partial charge in [0.25, 0.3) is 0 Å². The topological polar surface area (TPSA) is 0 Å². The summed E-state index contributed by atoms with van der Waals surface area (Å²) in [6, 6.07) is 0. The summed E-state index contributed by atoms with van der Waals surface area (Å²) in [5, 5.41) is 0. The largest absolute Gasteiger partial charge is 0.251 e. The fourth-order valence-electron chi connectivity index (χ4n) is 1.00. The quantitative estimate of drug-likeness (QED) is 0.529. The maximum absolute atomic E-state index is 11.5. The van der Waals surface area contributed by atoms with Crippen molar-refractivity contribution in [3.63, 3.8) is 0 Å². The zero-order chi connectivity index (χ0) is 5.82. The van der Waals surface area contributed by atoms with Crippen LogP contribution in [0.1, 0.15) is 25.7 Å². The Hall–Kier alpha value is -0.0700. The van der Waals surface area contributed by atoms with Gasteiger partial charge in [0.2, 0.25) is 0 Å². The Kier molecular flexibility index (Phi) is 2.31. The first-order chi connectivity index (χ1) is 3.93. The van der Waals surface area contributed by atoms with E-state index in [1.165, 1.54) is 12.8 Å². The van der Waals surface area contributed by atoms with Gasteiger partial charge in [-0.2, -0.15) is 0 Å². The highest BCUT2D eigenvalue weighted by atomic mass is 19.1. The molecular formula is C7H12F. The van der Waals surface area contributed by atoms with E-state index < -0.39 is 0 Å². The van der Waals surface area contributed by atoms with Crippen LogP contribution < -0.4 is 0 Å². The van der Waals surface area contributed by atoms with Gasteiger partial charge in [-0.25, -0.2) is 0 Å². The molecule has 1 radical (unpaired) electrons. The molecule has 1 rings (SSSR count). The third-order valence-electron chi connectivity index (χ3n) is 1.75. The van der Waals surface area contributed by atoms with Crippen LogP contribution in [0.15, 0.2) is 0 Å². The van der Waals surface area contributed by atoms with Crippen LogP contribution in [-0.2, 0) is 0 Å². The second kappa shape index (κ2) is 3.06. The van der Waals surface area contributed by atoms with Crippen LogP contribution in [0.2, 0.25) is 0 Å². The summed E-state index contributed by atoms with van der Waals surface area (Å²) >= 11 is 0. The van der Waals surface area contributed by atoms with Crippen LogP contribution in [-0.4, -0.2) is 6.67 Å². The number of halogens is 1. The van der Waals surface area contributed by atoms with Crippen LogP contribution in [0.4, 0.5) is 4.39 Å². The van der Waals surface area contributed by atoms with E-state index in [1.54, 1.807) is 0 Å². The van der Waals surface area contributed by atoms with E-state index >= 15 is 0 Å². The molecule has 1 heteroatoms. The summed E-state index contributed by atoms with van der Waals surface area (Å²) in [6.45, 7) is -0.128. The molecule has 0 aromatic rings. The summed E-state index contributed by atoms with van der Waals surface area (Å²) in [6.07, 6.45) is 6.62. The molecule has 0 nitrogen and oxygen atoms in total. The van der Waals surface area contributed by atoms with E-state index in [-0.39, 0.29) is 6.67 Å². The molecule has 0 N–H and O–H groups in total. The lowest BCUT2D eigenvalue weighted by molar-refractivity contribution is 0.343. The van der Waals surface area contributed by atoms with Gasteiger partial charge in [0.05, 0.1) is 6.67 Å². The average molecular weight is 115 g/mol. The van der Waals surface area contributed by atoms with Gasteiger partial charge in [0.1, 0.15) is 0 Å². The molecular weight excluding hydrogens is 103 g/mol. The highest BCUT2D eigenvalue weighted by Gasteiger charge is 2.16. The molecule has 1 saturated carbocycles. The molecule has 0 unspecified atom stereocenters. The molecule has 0 aromatic carbocycles. The van der Waals surface area contributed by atoms with E-state index in [0.29, 0.717) is 0 Å². The van der Waals surface area contributed by atoms with Gasteiger partial charge in [-0.05, 0) is 38.0 Å². The molecule has 0 bridgehead atoms. The Morgan fingerprint density at radius 1 is 1.50 bits per heavy atom. The van der Waals surface area contributed by atoms with Crippen LogP contribution >= 0.6 is 0 Å². The minimum Gasteiger partial charge on any atom is -0.251 e. The van der Waals surface area contributed by atoms with Gasteiger partial charge in [0, 0.05) is 0 Å². The van der Waals surface area contributed by atoms with Crippen molar-refractivity contribution in [2.75, 3.05) is 6.67 Å². The second-order valence-corrected chi connectivity index (χ2v) is 2.46. The van der Waals surface area contributed by atoms with E-state index in [0.717, 1.165) is 18.8 Å². The summed E-state index contributed by atoms with van der Waals surface area (Å²) in [4.78, 5) is 0. The summed E-state index contributed by atoms with van der Waals surface area (Å²) in [5.41, 5.74) is 0. The predicted molar refractivity (Wildman–Crippen MR) is 32.2 cm³/mol. The highest BCUT2D eigenvalue weighted by Crippen LogP contribution is 2.29. The molecule has 0 aromatic heterocycles. The molecule has 0 atom stereocenters. The van der Waals surface area contributed by atoms with E-state index in [9.17, 15) is 4.39 Å². The first kappa shape index (κ1) is 6.06. The van der Waals surface area contributed by atoms with Crippen molar-refractivity contribution >= 4 is 0 Å². The van der Waals surface area contributed by atoms with E-state index in [1.807, 2.05) is 0 Å².